The Balaban J connectivity index is 2.33. The molecule has 0 aliphatic carbocycles. The molecule has 1 fully saturated rings. The van der Waals surface area contributed by atoms with Crippen LogP contribution in [0, 0.1) is 0 Å². The topological polar surface area (TPSA) is 87.7 Å². The van der Waals surface area contributed by atoms with Crippen molar-refractivity contribution in [3.8, 4) is 0 Å². The molecule has 1 heterocycles. The van der Waals surface area contributed by atoms with Crippen LogP contribution in [-0.2, 0) is 9.53 Å². The highest BCUT2D eigenvalue weighted by atomic mass is 16.5. The summed E-state index contributed by atoms with van der Waals surface area (Å²) in [4.78, 5) is 22.3. The van der Waals surface area contributed by atoms with E-state index in [4.69, 9.17) is 9.84 Å². The number of rotatable bonds is 5. The standard InChI is InChI=1S/C12H22N2O4/c1-3-9(7-11(15)16)13-12(17)14-10-4-5-18-8(2)6-10/h8-10H,3-7H2,1-2H3,(H,15,16)(H2,13,14,17). The number of amides is 2. The van der Waals surface area contributed by atoms with Crippen LogP contribution in [0.4, 0.5) is 4.79 Å². The number of ether oxygens (including phenoxy) is 1. The molecule has 1 saturated heterocycles. The van der Waals surface area contributed by atoms with E-state index in [1.807, 2.05) is 13.8 Å². The monoisotopic (exact) mass is 258 g/mol. The number of hydrogen-bond acceptors (Lipinski definition) is 3. The summed E-state index contributed by atoms with van der Waals surface area (Å²) in [6, 6.07) is -0.502. The van der Waals surface area contributed by atoms with Gasteiger partial charge < -0.3 is 20.5 Å². The van der Waals surface area contributed by atoms with Crippen LogP contribution in [0.2, 0.25) is 0 Å². The third kappa shape index (κ3) is 5.35. The highest BCUT2D eigenvalue weighted by molar-refractivity contribution is 5.76. The van der Waals surface area contributed by atoms with Crippen molar-refractivity contribution in [3.05, 3.63) is 0 Å². The van der Waals surface area contributed by atoms with Crippen LogP contribution in [0.3, 0.4) is 0 Å². The molecule has 1 rings (SSSR count). The molecule has 0 saturated carbocycles. The van der Waals surface area contributed by atoms with Crippen molar-refractivity contribution in [2.45, 2.75) is 57.7 Å². The van der Waals surface area contributed by atoms with E-state index < -0.39 is 5.97 Å². The summed E-state index contributed by atoms with van der Waals surface area (Å²) in [5.74, 6) is -0.901. The van der Waals surface area contributed by atoms with Crippen LogP contribution in [0.1, 0.15) is 39.5 Å². The molecule has 0 aromatic heterocycles. The van der Waals surface area contributed by atoms with Gasteiger partial charge >= 0.3 is 12.0 Å². The minimum atomic E-state index is -0.901. The van der Waals surface area contributed by atoms with Gasteiger partial charge in [0.25, 0.3) is 0 Å². The summed E-state index contributed by atoms with van der Waals surface area (Å²) in [6.45, 7) is 4.48. The average molecular weight is 258 g/mol. The van der Waals surface area contributed by atoms with Crippen LogP contribution < -0.4 is 10.6 Å². The van der Waals surface area contributed by atoms with E-state index in [2.05, 4.69) is 10.6 Å². The molecule has 2 amide bonds. The van der Waals surface area contributed by atoms with Crippen molar-refractivity contribution >= 4 is 12.0 Å². The van der Waals surface area contributed by atoms with Crippen molar-refractivity contribution in [2.24, 2.45) is 0 Å². The lowest BCUT2D eigenvalue weighted by Gasteiger charge is -2.28. The molecule has 0 bridgehead atoms. The molecular formula is C12H22N2O4. The number of carbonyl (C=O) groups excluding carboxylic acids is 1. The minimum absolute atomic E-state index is 0.0475. The van der Waals surface area contributed by atoms with E-state index in [1.54, 1.807) is 0 Å². The Labute approximate surface area is 107 Å². The average Bonchev–Trinajstić information content (AvgIpc) is 2.27. The van der Waals surface area contributed by atoms with Gasteiger partial charge in [0.2, 0.25) is 0 Å². The second kappa shape index (κ2) is 7.20. The SMILES string of the molecule is CCC(CC(=O)O)NC(=O)NC1CCOC(C)C1. The second-order valence-electron chi connectivity index (χ2n) is 4.72. The van der Waals surface area contributed by atoms with Crippen LogP contribution in [0.15, 0.2) is 0 Å². The molecule has 3 atom stereocenters. The molecule has 1 aliphatic heterocycles. The summed E-state index contributed by atoms with van der Waals surface area (Å²) < 4.78 is 5.40. The maximum atomic E-state index is 11.7. The van der Waals surface area contributed by atoms with Crippen LogP contribution in [0.5, 0.6) is 0 Å². The molecule has 1 aliphatic rings. The maximum absolute atomic E-state index is 11.7. The molecule has 3 N–H and O–H groups in total. The van der Waals surface area contributed by atoms with Gasteiger partial charge in [-0.05, 0) is 26.2 Å². The zero-order valence-corrected chi connectivity index (χ0v) is 10.9. The lowest BCUT2D eigenvalue weighted by molar-refractivity contribution is -0.137. The molecule has 0 radical (unpaired) electrons. The fourth-order valence-corrected chi connectivity index (χ4v) is 2.05. The summed E-state index contributed by atoms with van der Waals surface area (Å²) in [5.41, 5.74) is 0. The van der Waals surface area contributed by atoms with Crippen molar-refractivity contribution < 1.29 is 19.4 Å². The van der Waals surface area contributed by atoms with Crippen molar-refractivity contribution in [1.82, 2.24) is 10.6 Å². The normalized spacial score (nSPS) is 25.2. The number of carboxylic acid groups (broad SMARTS) is 1. The third-order valence-corrected chi connectivity index (χ3v) is 3.07. The third-order valence-electron chi connectivity index (χ3n) is 3.07. The molecule has 6 nitrogen and oxygen atoms in total. The number of hydrogen-bond donors (Lipinski definition) is 3. The fourth-order valence-electron chi connectivity index (χ4n) is 2.05. The Morgan fingerprint density at radius 3 is 2.78 bits per heavy atom. The largest absolute Gasteiger partial charge is 0.481 e. The molecule has 0 spiro atoms. The summed E-state index contributed by atoms with van der Waals surface area (Å²) in [5, 5.41) is 14.2. The Kier molecular flexibility index (Phi) is 5.91. The van der Waals surface area contributed by atoms with Crippen molar-refractivity contribution in [3.63, 3.8) is 0 Å². The van der Waals surface area contributed by atoms with Crippen LogP contribution >= 0.6 is 0 Å². The van der Waals surface area contributed by atoms with Gasteiger partial charge in [0.1, 0.15) is 0 Å². The summed E-state index contributed by atoms with van der Waals surface area (Å²) in [7, 11) is 0. The van der Waals surface area contributed by atoms with E-state index in [0.717, 1.165) is 12.8 Å². The zero-order chi connectivity index (χ0) is 13.5. The first kappa shape index (κ1) is 14.8. The van der Waals surface area contributed by atoms with Gasteiger partial charge in [-0.1, -0.05) is 6.92 Å². The Morgan fingerprint density at radius 1 is 1.50 bits per heavy atom. The molecule has 104 valence electrons. The van der Waals surface area contributed by atoms with Gasteiger partial charge in [-0.25, -0.2) is 4.79 Å². The highest BCUT2D eigenvalue weighted by Gasteiger charge is 2.22. The Hall–Kier alpha value is -1.30. The Morgan fingerprint density at radius 2 is 2.22 bits per heavy atom. The smallest absolute Gasteiger partial charge is 0.315 e. The molecule has 0 aromatic carbocycles. The molecule has 3 unspecified atom stereocenters. The molecule has 6 heteroatoms. The summed E-state index contributed by atoms with van der Waals surface area (Å²) in [6.07, 6.45) is 2.30. The maximum Gasteiger partial charge on any atom is 0.315 e. The van der Waals surface area contributed by atoms with E-state index >= 15 is 0 Å². The zero-order valence-electron chi connectivity index (χ0n) is 10.9. The number of carboxylic acids is 1. The highest BCUT2D eigenvalue weighted by Crippen LogP contribution is 2.12. The lowest BCUT2D eigenvalue weighted by atomic mass is 10.0. The molecule has 0 aromatic rings. The van der Waals surface area contributed by atoms with Crippen molar-refractivity contribution in [2.75, 3.05) is 6.61 Å². The minimum Gasteiger partial charge on any atom is -0.481 e. The first-order chi connectivity index (χ1) is 8.51. The van der Waals surface area contributed by atoms with Gasteiger partial charge in [-0.15, -0.1) is 0 Å². The predicted octanol–water partition coefficient (Wildman–Crippen LogP) is 1.11. The lowest BCUT2D eigenvalue weighted by Crippen LogP contribution is -2.49. The van der Waals surface area contributed by atoms with E-state index in [1.165, 1.54) is 0 Å². The van der Waals surface area contributed by atoms with Crippen molar-refractivity contribution in [1.29, 1.82) is 0 Å². The van der Waals surface area contributed by atoms with Crippen LogP contribution in [0.25, 0.3) is 0 Å². The number of aliphatic carboxylic acids is 1. The second-order valence-corrected chi connectivity index (χ2v) is 4.72. The van der Waals surface area contributed by atoms with E-state index in [9.17, 15) is 9.59 Å². The van der Waals surface area contributed by atoms with Gasteiger partial charge in [0.15, 0.2) is 0 Å². The van der Waals surface area contributed by atoms with Crippen LogP contribution in [-0.4, -0.2) is 41.9 Å². The number of urea groups is 1. The quantitative estimate of drug-likeness (QED) is 0.689. The summed E-state index contributed by atoms with van der Waals surface area (Å²) >= 11 is 0. The number of nitrogens with one attached hydrogen (secondary N) is 2. The molecular weight excluding hydrogens is 236 g/mol. The first-order valence-electron chi connectivity index (χ1n) is 6.41. The fraction of sp³-hybridized carbons (Fsp3) is 0.833. The number of carbonyl (C=O) groups is 2. The first-order valence-corrected chi connectivity index (χ1v) is 6.41. The van der Waals surface area contributed by atoms with Gasteiger partial charge in [-0.3, -0.25) is 4.79 Å². The predicted molar refractivity (Wildman–Crippen MR) is 66.4 cm³/mol. The Bertz CT molecular complexity index is 296. The van der Waals surface area contributed by atoms with E-state index in [-0.39, 0.29) is 30.6 Å². The van der Waals surface area contributed by atoms with E-state index in [0.29, 0.717) is 13.0 Å². The molecule has 18 heavy (non-hydrogen) atoms. The van der Waals surface area contributed by atoms with Gasteiger partial charge in [0.05, 0.1) is 12.5 Å². The van der Waals surface area contributed by atoms with Gasteiger partial charge in [0, 0.05) is 18.7 Å². The van der Waals surface area contributed by atoms with Gasteiger partial charge in [-0.2, -0.15) is 0 Å².